The molecule has 8 heteroatoms. The van der Waals surface area contributed by atoms with E-state index in [4.69, 9.17) is 14.6 Å². The van der Waals surface area contributed by atoms with Gasteiger partial charge in [0.15, 0.2) is 0 Å². The lowest BCUT2D eigenvalue weighted by atomic mass is 10.1. The first kappa shape index (κ1) is 18.5. The number of benzene rings is 1. The lowest BCUT2D eigenvalue weighted by Crippen LogP contribution is -2.58. The number of hydrogen-bond donors (Lipinski definition) is 1. The zero-order valence-corrected chi connectivity index (χ0v) is 15.0. The average Bonchev–Trinajstić information content (AvgIpc) is 2.48. The average molecular weight is 364 g/mol. The predicted octanol–water partition coefficient (Wildman–Crippen LogP) is -0.0867. The highest BCUT2D eigenvalue weighted by atomic mass is 16.5. The number of carbonyl (C=O) groups excluding carboxylic acids is 1. The molecule has 1 N–H and O–H groups in total. The van der Waals surface area contributed by atoms with E-state index in [2.05, 4.69) is 14.1 Å². The molecule has 0 saturated carbocycles. The van der Waals surface area contributed by atoms with Crippen molar-refractivity contribution in [2.75, 3.05) is 46.9 Å². The molecule has 3 rings (SSSR count). The third kappa shape index (κ3) is 4.08. The monoisotopic (exact) mass is 364 g/mol. The van der Waals surface area contributed by atoms with Crippen molar-refractivity contribution < 1.29 is 33.8 Å². The van der Waals surface area contributed by atoms with Gasteiger partial charge in [0, 0.05) is 0 Å². The van der Waals surface area contributed by atoms with E-state index < -0.39 is 11.7 Å². The van der Waals surface area contributed by atoms with Crippen molar-refractivity contribution >= 4 is 11.9 Å². The number of carboxylic acids is 1. The number of morpholine rings is 1. The van der Waals surface area contributed by atoms with Crippen molar-refractivity contribution in [3.63, 3.8) is 0 Å². The zero-order chi connectivity index (χ0) is 18.9. The van der Waals surface area contributed by atoms with Crippen molar-refractivity contribution in [2.24, 2.45) is 0 Å². The van der Waals surface area contributed by atoms with Crippen LogP contribution in [0.5, 0.6) is 11.5 Å². The van der Waals surface area contributed by atoms with E-state index >= 15 is 0 Å². The molecule has 0 radical (unpaired) electrons. The van der Waals surface area contributed by atoms with Crippen LogP contribution >= 0.6 is 0 Å². The van der Waals surface area contributed by atoms with Gasteiger partial charge in [-0.05, 0) is 6.07 Å². The Morgan fingerprint density at radius 1 is 1.38 bits per heavy atom. The van der Waals surface area contributed by atoms with Crippen LogP contribution in [0.25, 0.3) is 0 Å². The highest BCUT2D eigenvalue weighted by Gasteiger charge is 2.36. The normalized spacial score (nSPS) is 22.5. The molecule has 0 bridgehead atoms. The number of ether oxygens (including phenoxy) is 2. The first-order chi connectivity index (χ1) is 12.2. The first-order valence-corrected chi connectivity index (χ1v) is 8.66. The second-order valence-corrected chi connectivity index (χ2v) is 7.51. The summed E-state index contributed by atoms with van der Waals surface area (Å²) in [5, 5.41) is 20.8. The largest absolute Gasteiger partial charge is 0.872 e. The van der Waals surface area contributed by atoms with Crippen LogP contribution in [-0.2, 0) is 9.53 Å². The molecular weight excluding hydrogens is 340 g/mol. The Morgan fingerprint density at radius 2 is 2.12 bits per heavy atom. The van der Waals surface area contributed by atoms with Crippen LogP contribution in [-0.4, -0.2) is 85.5 Å². The number of rotatable bonds is 5. The minimum Gasteiger partial charge on any atom is -0.872 e. The van der Waals surface area contributed by atoms with Crippen LogP contribution in [0, 0.1) is 0 Å². The van der Waals surface area contributed by atoms with Crippen LogP contribution in [0.4, 0.5) is 0 Å². The van der Waals surface area contributed by atoms with Crippen LogP contribution in [0.15, 0.2) is 18.2 Å². The van der Waals surface area contributed by atoms with Gasteiger partial charge in [0.2, 0.25) is 5.91 Å². The van der Waals surface area contributed by atoms with Gasteiger partial charge in [0.1, 0.15) is 31.0 Å². The van der Waals surface area contributed by atoms with E-state index in [0.29, 0.717) is 26.1 Å². The molecule has 26 heavy (non-hydrogen) atoms. The molecule has 8 nitrogen and oxygen atoms in total. The molecule has 0 unspecified atom stereocenters. The van der Waals surface area contributed by atoms with E-state index in [0.717, 1.165) is 17.6 Å². The van der Waals surface area contributed by atoms with Gasteiger partial charge in [-0.1, -0.05) is 17.9 Å². The molecule has 142 valence electrons. The van der Waals surface area contributed by atoms with Gasteiger partial charge in [-0.2, -0.15) is 0 Å². The molecule has 2 saturated heterocycles. The van der Waals surface area contributed by atoms with Gasteiger partial charge < -0.3 is 29.1 Å². The summed E-state index contributed by atoms with van der Waals surface area (Å²) in [5.74, 6) is -1.84. The Hall–Kier alpha value is -2.32. The molecule has 0 spiro atoms. The molecular formula is C18H24N2O6. The Balaban J connectivity index is 1.51. The zero-order valence-electron chi connectivity index (χ0n) is 15.0. The Labute approximate surface area is 152 Å². The van der Waals surface area contributed by atoms with Gasteiger partial charge in [-0.15, -0.1) is 0 Å². The molecule has 2 aliphatic heterocycles. The second kappa shape index (κ2) is 7.13. The molecule has 1 aromatic rings. The van der Waals surface area contributed by atoms with Crippen molar-refractivity contribution in [3.05, 3.63) is 23.8 Å². The number of carbonyl (C=O) groups is 2. The fourth-order valence-corrected chi connectivity index (χ4v) is 3.32. The summed E-state index contributed by atoms with van der Waals surface area (Å²) in [7, 11) is 4.25. The highest BCUT2D eigenvalue weighted by Crippen LogP contribution is 2.28. The Bertz CT molecular complexity index is 699. The van der Waals surface area contributed by atoms with E-state index in [-0.39, 0.29) is 29.4 Å². The minimum absolute atomic E-state index is 0.00721. The summed E-state index contributed by atoms with van der Waals surface area (Å²) >= 11 is 0. The summed E-state index contributed by atoms with van der Waals surface area (Å²) in [6.45, 7) is 3.16. The minimum atomic E-state index is -1.31. The Morgan fingerprint density at radius 3 is 2.77 bits per heavy atom. The van der Waals surface area contributed by atoms with Crippen molar-refractivity contribution in [2.45, 2.75) is 18.6 Å². The molecule has 1 aromatic carbocycles. The van der Waals surface area contributed by atoms with Crippen LogP contribution in [0.1, 0.15) is 16.8 Å². The third-order valence-electron chi connectivity index (χ3n) is 4.85. The van der Waals surface area contributed by atoms with E-state index in [9.17, 15) is 14.7 Å². The number of aromatic carboxylic acids is 1. The van der Waals surface area contributed by atoms with Gasteiger partial charge in [0.25, 0.3) is 0 Å². The van der Waals surface area contributed by atoms with Crippen LogP contribution in [0.3, 0.4) is 0 Å². The number of carboxylic acid groups (broad SMARTS) is 1. The molecule has 2 aliphatic rings. The highest BCUT2D eigenvalue weighted by molar-refractivity contribution is 5.93. The maximum absolute atomic E-state index is 12.4. The molecule has 1 amide bonds. The molecule has 0 aromatic heterocycles. The fourth-order valence-electron chi connectivity index (χ4n) is 3.32. The van der Waals surface area contributed by atoms with Gasteiger partial charge >= 0.3 is 5.97 Å². The number of likely N-dealkylation sites (tertiary alicyclic amines) is 1. The summed E-state index contributed by atoms with van der Waals surface area (Å²) < 4.78 is 12.1. The van der Waals surface area contributed by atoms with Gasteiger partial charge in [0.05, 0.1) is 45.8 Å². The number of amides is 1. The number of hydrogen-bond acceptors (Lipinski definition) is 5. The van der Waals surface area contributed by atoms with E-state index in [1.54, 1.807) is 4.90 Å². The standard InChI is InChI=1S/C18H24N2O6/c1-20(2)6-7-25-12(11-20)8-16(22)19-9-13(10-19)26-15-5-3-4-14(21)17(15)18(23)24/h3-5,12-13H,6-11H2,1-2H3,(H-,21,23,24)/t12-/m0/s1. The van der Waals surface area contributed by atoms with E-state index in [1.807, 2.05) is 0 Å². The first-order valence-electron chi connectivity index (χ1n) is 8.66. The lowest BCUT2D eigenvalue weighted by molar-refractivity contribution is -0.901. The number of nitrogens with zero attached hydrogens (tertiary/aromatic N) is 2. The van der Waals surface area contributed by atoms with Gasteiger partial charge in [-0.3, -0.25) is 4.79 Å². The Kier molecular flexibility index (Phi) is 5.06. The topological polar surface area (TPSA) is 99.1 Å². The molecule has 0 aliphatic carbocycles. The number of quaternary nitrogens is 1. The summed E-state index contributed by atoms with van der Waals surface area (Å²) in [6.07, 6.45) is -0.0505. The lowest BCUT2D eigenvalue weighted by Gasteiger charge is -2.41. The summed E-state index contributed by atoms with van der Waals surface area (Å²) in [4.78, 5) is 25.3. The molecule has 1 atom stereocenters. The second-order valence-electron chi connectivity index (χ2n) is 7.51. The molecule has 2 heterocycles. The smallest absolute Gasteiger partial charge is 0.338 e. The van der Waals surface area contributed by atoms with Gasteiger partial charge in [-0.25, -0.2) is 4.79 Å². The maximum atomic E-state index is 12.4. The molecule has 2 fully saturated rings. The summed E-state index contributed by atoms with van der Waals surface area (Å²) in [5.41, 5.74) is -0.368. The van der Waals surface area contributed by atoms with Crippen LogP contribution in [0.2, 0.25) is 0 Å². The number of likely N-dealkylation sites (N-methyl/N-ethyl adjacent to an activating group) is 1. The quantitative estimate of drug-likeness (QED) is 0.734. The SMILES string of the molecule is C[N+]1(C)CCO[C@@H](CC(=O)N2CC(Oc3cccc([O-])c3C(=O)O)C2)C1. The summed E-state index contributed by atoms with van der Waals surface area (Å²) in [6, 6.07) is 4.12. The van der Waals surface area contributed by atoms with Crippen LogP contribution < -0.4 is 9.84 Å². The third-order valence-corrected chi connectivity index (χ3v) is 4.85. The fraction of sp³-hybridized carbons (Fsp3) is 0.556. The van der Waals surface area contributed by atoms with E-state index in [1.165, 1.54) is 18.2 Å². The predicted molar refractivity (Wildman–Crippen MR) is 90.0 cm³/mol. The maximum Gasteiger partial charge on any atom is 0.338 e. The van der Waals surface area contributed by atoms with Crippen molar-refractivity contribution in [3.8, 4) is 11.5 Å². The van der Waals surface area contributed by atoms with Crippen molar-refractivity contribution in [1.82, 2.24) is 4.90 Å². The van der Waals surface area contributed by atoms with Crippen molar-refractivity contribution in [1.29, 1.82) is 0 Å².